The van der Waals surface area contributed by atoms with Gasteiger partial charge in [0.25, 0.3) is 0 Å². The van der Waals surface area contributed by atoms with E-state index >= 15 is 0 Å². The molecule has 2 heterocycles. The number of rotatable bonds is 3. The third-order valence-electron chi connectivity index (χ3n) is 17.6. The van der Waals surface area contributed by atoms with Gasteiger partial charge in [0.15, 0.2) is 0 Å². The molecule has 2 aromatic heterocycles. The second kappa shape index (κ2) is 12.7. The predicted molar refractivity (Wildman–Crippen MR) is 277 cm³/mol. The second-order valence-electron chi connectivity index (χ2n) is 20.9. The Labute approximate surface area is 386 Å². The number of nitrogens with zero attached hydrogens (tertiary/aromatic N) is 2. The number of hydrogen-bond acceptors (Lipinski definition) is 0. The van der Waals surface area contributed by atoms with Crippen molar-refractivity contribution in [1.29, 1.82) is 0 Å². The molecule has 0 bridgehead atoms. The molecule has 1 spiro atoms. The summed E-state index contributed by atoms with van der Waals surface area (Å²) in [5.74, 6) is 0. The molecule has 3 aliphatic carbocycles. The van der Waals surface area contributed by atoms with E-state index in [-0.39, 0.29) is 16.2 Å². The Kier molecular flexibility index (Phi) is 7.28. The molecule has 0 aliphatic heterocycles. The van der Waals surface area contributed by atoms with Crippen molar-refractivity contribution in [3.8, 4) is 44.8 Å². The summed E-state index contributed by atoms with van der Waals surface area (Å²) in [6.45, 7) is 14.7. The number of hydrogen-bond donors (Lipinski definition) is 0. The molecule has 14 rings (SSSR count). The zero-order chi connectivity index (χ0) is 44.5. The molecule has 9 aromatic carbocycles. The molecule has 0 radical (unpaired) electrons. The van der Waals surface area contributed by atoms with Crippen LogP contribution < -0.4 is 0 Å². The summed E-state index contributed by atoms with van der Waals surface area (Å²) >= 11 is 0. The van der Waals surface area contributed by atoms with Crippen molar-refractivity contribution in [2.24, 2.45) is 5.41 Å². The van der Waals surface area contributed by atoms with Gasteiger partial charge in [-0.1, -0.05) is 175 Å². The summed E-state index contributed by atoms with van der Waals surface area (Å²) in [6.07, 6.45) is 0. The maximum atomic E-state index is 2.55. The van der Waals surface area contributed by atoms with Crippen molar-refractivity contribution >= 4 is 43.6 Å². The minimum absolute atomic E-state index is 0.00166. The van der Waals surface area contributed by atoms with Crippen LogP contribution in [0.25, 0.3) is 88.4 Å². The fourth-order valence-electron chi connectivity index (χ4n) is 13.3. The fraction of sp³-hybridized carbons (Fsp3) is 0.156. The van der Waals surface area contributed by atoms with Gasteiger partial charge in [0.2, 0.25) is 0 Å². The summed E-state index contributed by atoms with van der Waals surface area (Å²) in [4.78, 5) is 0. The lowest BCUT2D eigenvalue weighted by Gasteiger charge is -2.44. The summed E-state index contributed by atoms with van der Waals surface area (Å²) in [5, 5.41) is 5.13. The number of para-hydroxylation sites is 2. The quantitative estimate of drug-likeness (QED) is 0.168. The molecular weight excluding hydrogens is 797 g/mol. The van der Waals surface area contributed by atoms with Crippen LogP contribution in [0, 0.1) is 5.41 Å². The zero-order valence-corrected chi connectivity index (χ0v) is 38.4. The highest BCUT2D eigenvalue weighted by Crippen LogP contribution is 2.65. The number of fused-ring (bicyclic) bond motifs is 18. The van der Waals surface area contributed by atoms with Crippen LogP contribution in [0.15, 0.2) is 194 Å². The minimum Gasteiger partial charge on any atom is -0.309 e. The number of aromatic nitrogens is 2. The van der Waals surface area contributed by atoms with E-state index in [0.29, 0.717) is 0 Å². The predicted octanol–water partition coefficient (Wildman–Crippen LogP) is 16.5. The Bertz CT molecular complexity index is 3840. The zero-order valence-electron chi connectivity index (χ0n) is 38.4. The lowest BCUT2D eigenvalue weighted by Crippen LogP contribution is -2.42. The topological polar surface area (TPSA) is 9.86 Å². The van der Waals surface area contributed by atoms with Crippen LogP contribution in [-0.2, 0) is 16.2 Å². The average Bonchev–Trinajstić information content (AvgIpc) is 4.07. The largest absolute Gasteiger partial charge is 0.309 e. The maximum absolute atomic E-state index is 2.55. The third kappa shape index (κ3) is 4.43. The van der Waals surface area contributed by atoms with Crippen molar-refractivity contribution in [3.05, 3.63) is 228 Å². The smallest absolute Gasteiger partial charge is 0.0726 e. The van der Waals surface area contributed by atoms with E-state index in [2.05, 4.69) is 245 Å². The van der Waals surface area contributed by atoms with Gasteiger partial charge in [0.1, 0.15) is 0 Å². The van der Waals surface area contributed by atoms with Gasteiger partial charge in [-0.05, 0) is 138 Å². The SMILES string of the molecule is CC1(C)c2cc3c4cc(-c5ccc6c(c5)c5ccc7c(c5n6-c5ccccc5)-c5ccccc5C75c6ccccc6-c6ccccc65)ccc4n(-c4ccccc4)c3cc2C(C)(C)C1(C)C. The molecule has 0 unspecified atom stereocenters. The van der Waals surface area contributed by atoms with E-state index in [4.69, 9.17) is 0 Å². The average molecular weight is 847 g/mol. The lowest BCUT2D eigenvalue weighted by atomic mass is 9.59. The maximum Gasteiger partial charge on any atom is 0.0726 e. The Balaban J connectivity index is 1.04. The summed E-state index contributed by atoms with van der Waals surface area (Å²) in [7, 11) is 0. The Morgan fingerprint density at radius 1 is 0.318 bits per heavy atom. The standard InChI is InChI=1S/C64H50N2/c1-61(2)54-37-49-48-36-40(29-33-56(48)65(41-19-9-7-10-20-41)58(49)38-55(54)62(3,4)63(61,5)6)39-30-34-57-47(35-39)45-31-32-53-59(60(45)66(57)42-21-11-8-12-22-42)46-25-15-18-28-52(46)64(53)50-26-16-13-23-43(50)44-24-14-17-27-51(44)64/h7-38H,1-6H3. The van der Waals surface area contributed by atoms with Crippen LogP contribution in [0.4, 0.5) is 0 Å². The van der Waals surface area contributed by atoms with Crippen molar-refractivity contribution < 1.29 is 0 Å². The van der Waals surface area contributed by atoms with Crippen LogP contribution in [-0.4, -0.2) is 9.13 Å². The first kappa shape index (κ1) is 37.9. The summed E-state index contributed by atoms with van der Waals surface area (Å²) in [6, 6.07) is 73.6. The van der Waals surface area contributed by atoms with E-state index < -0.39 is 5.41 Å². The van der Waals surface area contributed by atoms with Crippen molar-refractivity contribution in [2.75, 3.05) is 0 Å². The Hall–Kier alpha value is -7.42. The monoisotopic (exact) mass is 846 g/mol. The molecule has 11 aromatic rings. The molecule has 0 N–H and O–H groups in total. The van der Waals surface area contributed by atoms with Gasteiger partial charge in [-0.25, -0.2) is 0 Å². The molecule has 66 heavy (non-hydrogen) atoms. The van der Waals surface area contributed by atoms with Gasteiger partial charge in [0.05, 0.1) is 27.5 Å². The first-order valence-electron chi connectivity index (χ1n) is 23.7. The van der Waals surface area contributed by atoms with Gasteiger partial charge in [-0.3, -0.25) is 0 Å². The van der Waals surface area contributed by atoms with Crippen molar-refractivity contribution in [2.45, 2.75) is 57.8 Å². The molecule has 0 saturated carbocycles. The van der Waals surface area contributed by atoms with Crippen LogP contribution in [0.1, 0.15) is 74.9 Å². The highest BCUT2D eigenvalue weighted by molar-refractivity contribution is 6.18. The molecule has 2 nitrogen and oxygen atoms in total. The van der Waals surface area contributed by atoms with Gasteiger partial charge >= 0.3 is 0 Å². The highest BCUT2D eigenvalue weighted by Gasteiger charge is 2.57. The van der Waals surface area contributed by atoms with Crippen molar-refractivity contribution in [3.63, 3.8) is 0 Å². The number of benzene rings is 9. The van der Waals surface area contributed by atoms with E-state index in [1.165, 1.54) is 122 Å². The third-order valence-corrected chi connectivity index (χ3v) is 17.6. The van der Waals surface area contributed by atoms with E-state index in [9.17, 15) is 0 Å². The Morgan fingerprint density at radius 2 is 0.773 bits per heavy atom. The second-order valence-corrected chi connectivity index (χ2v) is 20.9. The van der Waals surface area contributed by atoms with E-state index in [1.807, 2.05) is 0 Å². The molecule has 0 saturated heterocycles. The molecule has 0 amide bonds. The van der Waals surface area contributed by atoms with Crippen molar-refractivity contribution in [1.82, 2.24) is 9.13 Å². The molecule has 3 aliphatic rings. The molecule has 0 fully saturated rings. The normalized spacial score (nSPS) is 16.5. The molecular formula is C64H50N2. The summed E-state index contributed by atoms with van der Waals surface area (Å²) in [5.41, 5.74) is 23.1. The first-order chi connectivity index (χ1) is 32.0. The van der Waals surface area contributed by atoms with Crippen LogP contribution in [0.5, 0.6) is 0 Å². The fourth-order valence-corrected chi connectivity index (χ4v) is 13.3. The highest BCUT2D eigenvalue weighted by atomic mass is 15.0. The molecule has 2 heteroatoms. The minimum atomic E-state index is -0.411. The summed E-state index contributed by atoms with van der Waals surface area (Å²) < 4.78 is 5.03. The van der Waals surface area contributed by atoms with Crippen LogP contribution >= 0.6 is 0 Å². The van der Waals surface area contributed by atoms with E-state index in [1.54, 1.807) is 0 Å². The lowest BCUT2D eigenvalue weighted by molar-refractivity contribution is 0.125. The van der Waals surface area contributed by atoms with Gasteiger partial charge in [-0.2, -0.15) is 0 Å². The van der Waals surface area contributed by atoms with Gasteiger partial charge in [-0.15, -0.1) is 0 Å². The first-order valence-corrected chi connectivity index (χ1v) is 23.7. The van der Waals surface area contributed by atoms with Crippen LogP contribution in [0.2, 0.25) is 0 Å². The molecule has 316 valence electrons. The van der Waals surface area contributed by atoms with Gasteiger partial charge < -0.3 is 9.13 Å². The molecule has 0 atom stereocenters. The van der Waals surface area contributed by atoms with Crippen LogP contribution in [0.3, 0.4) is 0 Å². The van der Waals surface area contributed by atoms with E-state index in [0.717, 1.165) is 0 Å². The Morgan fingerprint density at radius 3 is 1.36 bits per heavy atom. The van der Waals surface area contributed by atoms with Gasteiger partial charge in [0, 0.05) is 38.5 Å².